The minimum absolute atomic E-state index is 0.0557. The van der Waals surface area contributed by atoms with Crippen LogP contribution in [0.1, 0.15) is 31.4 Å². The third kappa shape index (κ3) is 2.59. The summed E-state index contributed by atoms with van der Waals surface area (Å²) in [6.07, 6.45) is 5.36. The van der Waals surface area contributed by atoms with Crippen LogP contribution in [0.2, 0.25) is 0 Å². The van der Waals surface area contributed by atoms with Crippen LogP contribution in [0.5, 0.6) is 0 Å². The van der Waals surface area contributed by atoms with Gasteiger partial charge >= 0.3 is 0 Å². The Bertz CT molecular complexity index is 620. The van der Waals surface area contributed by atoms with Gasteiger partial charge in [-0.2, -0.15) is 5.10 Å². The molecule has 2 aromatic heterocycles. The van der Waals surface area contributed by atoms with Crippen LogP contribution < -0.4 is 0 Å². The minimum atomic E-state index is 0.0557. The zero-order valence-corrected chi connectivity index (χ0v) is 11.8. The number of hydrogen-bond donors (Lipinski definition) is 0. The lowest BCUT2D eigenvalue weighted by Gasteiger charge is -1.92. The van der Waals surface area contributed by atoms with Gasteiger partial charge in [-0.25, -0.2) is 0 Å². The molecule has 0 radical (unpaired) electrons. The molecule has 0 N–H and O–H groups in total. The van der Waals surface area contributed by atoms with Crippen molar-refractivity contribution < 1.29 is 4.79 Å². The molecule has 2 rings (SSSR count). The Hall–Kier alpha value is -1.68. The van der Waals surface area contributed by atoms with E-state index in [-0.39, 0.29) is 5.78 Å². The molecule has 0 amide bonds. The first kappa shape index (κ1) is 12.8. The number of allylic oxidation sites excluding steroid dienone is 1. The number of ketones is 1. The number of thiophene rings is 1. The number of carbonyl (C=O) groups excluding carboxylic acids is 1. The number of aryl methyl sites for hydroxylation is 4. The summed E-state index contributed by atoms with van der Waals surface area (Å²) >= 11 is 1.66. The van der Waals surface area contributed by atoms with Gasteiger partial charge in [-0.3, -0.25) is 9.48 Å². The second kappa shape index (κ2) is 4.90. The predicted octanol–water partition coefficient (Wildman–Crippen LogP) is 3.30. The molecule has 0 saturated heterocycles. The van der Waals surface area contributed by atoms with Crippen LogP contribution in [0.15, 0.2) is 18.3 Å². The fraction of sp³-hybridized carbons (Fsp3) is 0.286. The quantitative estimate of drug-likeness (QED) is 0.627. The lowest BCUT2D eigenvalue weighted by molar-refractivity contribution is 0.104. The molecular formula is C14H16N2OS. The van der Waals surface area contributed by atoms with Gasteiger partial charge in [-0.15, -0.1) is 11.3 Å². The summed E-state index contributed by atoms with van der Waals surface area (Å²) in [5, 5.41) is 4.24. The molecule has 3 nitrogen and oxygen atoms in total. The van der Waals surface area contributed by atoms with Gasteiger partial charge in [0.05, 0.1) is 5.69 Å². The normalized spacial score (nSPS) is 11.3. The van der Waals surface area contributed by atoms with Gasteiger partial charge in [-0.05, 0) is 39.0 Å². The van der Waals surface area contributed by atoms with E-state index in [1.165, 1.54) is 4.88 Å². The van der Waals surface area contributed by atoms with Crippen LogP contribution in [-0.4, -0.2) is 15.6 Å². The largest absolute Gasteiger partial charge is 0.289 e. The number of carbonyl (C=O) groups is 1. The third-order valence-electron chi connectivity index (χ3n) is 2.77. The van der Waals surface area contributed by atoms with Gasteiger partial charge in [0.25, 0.3) is 0 Å². The molecule has 0 aliphatic carbocycles. The SMILES string of the molecule is Cc1cc(C(=O)/C=C/c2cn(C)nc2C)c(C)s1. The molecule has 18 heavy (non-hydrogen) atoms. The number of aromatic nitrogens is 2. The molecule has 4 heteroatoms. The van der Waals surface area contributed by atoms with Gasteiger partial charge in [-0.1, -0.05) is 0 Å². The Morgan fingerprint density at radius 2 is 2.11 bits per heavy atom. The van der Waals surface area contributed by atoms with E-state index in [9.17, 15) is 4.79 Å². The Balaban J connectivity index is 2.22. The molecule has 0 unspecified atom stereocenters. The Morgan fingerprint density at radius 3 is 2.61 bits per heavy atom. The highest BCUT2D eigenvalue weighted by Gasteiger charge is 2.09. The summed E-state index contributed by atoms with van der Waals surface area (Å²) in [6.45, 7) is 5.93. The lowest BCUT2D eigenvalue weighted by atomic mass is 10.1. The maximum absolute atomic E-state index is 12.1. The monoisotopic (exact) mass is 260 g/mol. The van der Waals surface area contributed by atoms with Gasteiger partial charge in [0, 0.05) is 34.1 Å². The van der Waals surface area contributed by atoms with E-state index in [0.29, 0.717) is 0 Å². The average molecular weight is 260 g/mol. The molecule has 0 atom stereocenters. The fourth-order valence-electron chi connectivity index (χ4n) is 1.91. The summed E-state index contributed by atoms with van der Waals surface area (Å²) in [4.78, 5) is 14.3. The molecular weight excluding hydrogens is 244 g/mol. The van der Waals surface area contributed by atoms with Crippen molar-refractivity contribution in [1.82, 2.24) is 9.78 Å². The smallest absolute Gasteiger partial charge is 0.186 e. The van der Waals surface area contributed by atoms with E-state index in [4.69, 9.17) is 0 Å². The summed E-state index contributed by atoms with van der Waals surface area (Å²) in [6, 6.07) is 1.95. The molecule has 0 aromatic carbocycles. The van der Waals surface area contributed by atoms with Crippen LogP contribution in [0.3, 0.4) is 0 Å². The first-order chi connectivity index (χ1) is 8.47. The molecule has 0 saturated carbocycles. The van der Waals surface area contributed by atoms with E-state index in [1.54, 1.807) is 22.1 Å². The molecule has 2 aromatic rings. The van der Waals surface area contributed by atoms with E-state index in [1.807, 2.05) is 46.2 Å². The zero-order valence-electron chi connectivity index (χ0n) is 11.0. The topological polar surface area (TPSA) is 34.9 Å². The van der Waals surface area contributed by atoms with Crippen molar-refractivity contribution in [3.05, 3.63) is 44.9 Å². The minimum Gasteiger partial charge on any atom is -0.289 e. The van der Waals surface area contributed by atoms with E-state index >= 15 is 0 Å². The van der Waals surface area contributed by atoms with Crippen LogP contribution in [0.4, 0.5) is 0 Å². The molecule has 2 heterocycles. The highest BCUT2D eigenvalue weighted by Crippen LogP contribution is 2.21. The maximum Gasteiger partial charge on any atom is 0.186 e. The number of rotatable bonds is 3. The van der Waals surface area contributed by atoms with E-state index in [0.717, 1.165) is 21.7 Å². The second-order valence-electron chi connectivity index (χ2n) is 4.37. The Kier molecular flexibility index (Phi) is 3.48. The molecule has 0 spiro atoms. The summed E-state index contributed by atoms with van der Waals surface area (Å²) in [5.74, 6) is 0.0557. The predicted molar refractivity (Wildman–Crippen MR) is 75.1 cm³/mol. The van der Waals surface area contributed by atoms with Gasteiger partial charge in [0.1, 0.15) is 0 Å². The highest BCUT2D eigenvalue weighted by atomic mass is 32.1. The maximum atomic E-state index is 12.1. The van der Waals surface area contributed by atoms with Crippen molar-refractivity contribution in [2.45, 2.75) is 20.8 Å². The summed E-state index contributed by atoms with van der Waals surface area (Å²) in [7, 11) is 1.87. The van der Waals surface area contributed by atoms with Crippen molar-refractivity contribution in [2.24, 2.45) is 7.05 Å². The molecule has 0 bridgehead atoms. The lowest BCUT2D eigenvalue weighted by Crippen LogP contribution is -1.93. The van der Waals surface area contributed by atoms with Crippen molar-refractivity contribution in [3.63, 3.8) is 0 Å². The van der Waals surface area contributed by atoms with Crippen LogP contribution >= 0.6 is 11.3 Å². The second-order valence-corrected chi connectivity index (χ2v) is 5.83. The average Bonchev–Trinajstić information content (AvgIpc) is 2.78. The first-order valence-electron chi connectivity index (χ1n) is 5.77. The molecule has 0 fully saturated rings. The standard InChI is InChI=1S/C14H16N2OS/c1-9-7-13(11(3)18-9)14(17)6-5-12-8-16(4)15-10(12)2/h5-8H,1-4H3/b6-5+. The highest BCUT2D eigenvalue weighted by molar-refractivity contribution is 7.12. The fourth-order valence-corrected chi connectivity index (χ4v) is 2.84. The zero-order chi connectivity index (χ0) is 13.3. The van der Waals surface area contributed by atoms with Crippen LogP contribution in [0.25, 0.3) is 6.08 Å². The van der Waals surface area contributed by atoms with Crippen molar-refractivity contribution >= 4 is 23.2 Å². The van der Waals surface area contributed by atoms with Gasteiger partial charge < -0.3 is 0 Å². The van der Waals surface area contributed by atoms with Crippen molar-refractivity contribution in [2.75, 3.05) is 0 Å². The summed E-state index contributed by atoms with van der Waals surface area (Å²) in [5.41, 5.74) is 2.71. The third-order valence-corrected chi connectivity index (χ3v) is 3.74. The Morgan fingerprint density at radius 1 is 1.39 bits per heavy atom. The van der Waals surface area contributed by atoms with E-state index < -0.39 is 0 Å². The molecule has 94 valence electrons. The van der Waals surface area contributed by atoms with Crippen LogP contribution in [0, 0.1) is 20.8 Å². The van der Waals surface area contributed by atoms with Gasteiger partial charge in [0.2, 0.25) is 0 Å². The number of nitrogens with zero attached hydrogens (tertiary/aromatic N) is 2. The summed E-state index contributed by atoms with van der Waals surface area (Å²) < 4.78 is 1.75. The molecule has 0 aliphatic heterocycles. The Labute approximate surface area is 111 Å². The van der Waals surface area contributed by atoms with E-state index in [2.05, 4.69) is 5.10 Å². The van der Waals surface area contributed by atoms with Crippen LogP contribution in [-0.2, 0) is 7.05 Å². The van der Waals surface area contributed by atoms with Crippen molar-refractivity contribution in [3.8, 4) is 0 Å². The first-order valence-corrected chi connectivity index (χ1v) is 6.58. The molecule has 0 aliphatic rings. The number of hydrogen-bond acceptors (Lipinski definition) is 3. The van der Waals surface area contributed by atoms with Crippen molar-refractivity contribution in [1.29, 1.82) is 0 Å². The van der Waals surface area contributed by atoms with Gasteiger partial charge in [0.15, 0.2) is 5.78 Å².